The molecule has 0 fully saturated rings. The minimum absolute atomic E-state index is 0.113. The summed E-state index contributed by atoms with van der Waals surface area (Å²) in [5.74, 6) is 0.270. The number of aromatic amines is 1. The molecule has 0 saturated heterocycles. The van der Waals surface area contributed by atoms with E-state index < -0.39 is 28.0 Å². The van der Waals surface area contributed by atoms with Crippen LogP contribution >= 0.6 is 23.1 Å². The van der Waals surface area contributed by atoms with Crippen molar-refractivity contribution in [3.8, 4) is 5.75 Å². The first-order valence-electron chi connectivity index (χ1n) is 11.1. The van der Waals surface area contributed by atoms with Crippen LogP contribution in [0.1, 0.15) is 16.1 Å². The van der Waals surface area contributed by atoms with E-state index in [-0.39, 0.29) is 27.9 Å². The van der Waals surface area contributed by atoms with E-state index in [0.29, 0.717) is 16.7 Å². The van der Waals surface area contributed by atoms with Gasteiger partial charge in [-0.25, -0.2) is 12.8 Å². The van der Waals surface area contributed by atoms with Gasteiger partial charge < -0.3 is 19.8 Å². The third-order valence-electron chi connectivity index (χ3n) is 5.52. The number of hydrogen-bond acceptors (Lipinski definition) is 7. The second kappa shape index (κ2) is 11.8. The van der Waals surface area contributed by atoms with Crippen LogP contribution in [0.25, 0.3) is 10.9 Å². The van der Waals surface area contributed by atoms with Crippen LogP contribution in [0, 0.1) is 0 Å². The first kappa shape index (κ1) is 26.7. The zero-order chi connectivity index (χ0) is 26.4. The molecule has 0 radical (unpaired) electrons. The van der Waals surface area contributed by atoms with Gasteiger partial charge in [0.1, 0.15) is 21.9 Å². The summed E-state index contributed by atoms with van der Waals surface area (Å²) in [5, 5.41) is 4.41. The number of amides is 1. The smallest absolute Gasteiger partial charge is 0.273 e. The third-order valence-corrected chi connectivity index (χ3v) is 9.87. The van der Waals surface area contributed by atoms with Crippen LogP contribution in [0.5, 0.6) is 5.75 Å². The fourth-order valence-corrected chi connectivity index (χ4v) is 6.84. The van der Waals surface area contributed by atoms with Crippen molar-refractivity contribution in [1.29, 1.82) is 0 Å². The van der Waals surface area contributed by atoms with Crippen LogP contribution in [-0.4, -0.2) is 51.3 Å². The fraction of sp³-hybridized carbons (Fsp3) is 0.200. The molecule has 194 valence electrons. The number of nitrogens with one attached hydrogen (secondary N) is 2. The number of hydrogen-bond donors (Lipinski definition) is 2. The van der Waals surface area contributed by atoms with E-state index in [0.717, 1.165) is 27.5 Å². The predicted molar refractivity (Wildman–Crippen MR) is 145 cm³/mol. The highest BCUT2D eigenvalue weighted by atomic mass is 32.2. The highest BCUT2D eigenvalue weighted by Gasteiger charge is 2.26. The molecule has 8 nitrogen and oxygen atoms in total. The van der Waals surface area contributed by atoms with Crippen molar-refractivity contribution in [3.05, 3.63) is 77.3 Å². The summed E-state index contributed by atoms with van der Waals surface area (Å²) >= 11 is 2.49. The maximum absolute atomic E-state index is 13.1. The SMILES string of the molecule is CN(c1cc(OCF)cc2cc(C(=O)NCC(C=O)SCc3ccccc3)[nH]c12)S(=O)(=O)c1cccs1. The number of halogens is 1. The largest absolute Gasteiger partial charge is 0.463 e. The van der Waals surface area contributed by atoms with Crippen LogP contribution < -0.4 is 14.4 Å². The Kier molecular flexibility index (Phi) is 8.52. The summed E-state index contributed by atoms with van der Waals surface area (Å²) in [5.41, 5.74) is 1.79. The van der Waals surface area contributed by atoms with Gasteiger partial charge in [-0.2, -0.15) is 0 Å². The van der Waals surface area contributed by atoms with Gasteiger partial charge in [0.05, 0.1) is 16.5 Å². The van der Waals surface area contributed by atoms with Crippen LogP contribution in [-0.2, 0) is 20.6 Å². The average Bonchev–Trinajstić information content (AvgIpc) is 3.59. The fourth-order valence-electron chi connectivity index (χ4n) is 3.60. The number of thioether (sulfide) groups is 1. The Hall–Kier alpha value is -3.35. The summed E-state index contributed by atoms with van der Waals surface area (Å²) in [6.45, 7) is -0.983. The van der Waals surface area contributed by atoms with Crippen molar-refractivity contribution >= 4 is 61.9 Å². The predicted octanol–water partition coefficient (Wildman–Crippen LogP) is 4.59. The number of carbonyl (C=O) groups excluding carboxylic acids is 2. The lowest BCUT2D eigenvalue weighted by Crippen LogP contribution is -2.31. The second-order valence-corrected chi connectivity index (χ2v) is 12.3. The Balaban J connectivity index is 1.55. The van der Waals surface area contributed by atoms with E-state index in [1.807, 2.05) is 30.3 Å². The summed E-state index contributed by atoms with van der Waals surface area (Å²) in [6, 6.07) is 17.2. The molecule has 4 aromatic rings. The highest BCUT2D eigenvalue weighted by Crippen LogP contribution is 2.35. The van der Waals surface area contributed by atoms with E-state index in [1.165, 1.54) is 43.1 Å². The zero-order valence-electron chi connectivity index (χ0n) is 19.7. The average molecular weight is 562 g/mol. The van der Waals surface area contributed by atoms with Gasteiger partial charge in [-0.15, -0.1) is 23.1 Å². The number of thiophene rings is 1. The zero-order valence-corrected chi connectivity index (χ0v) is 22.2. The van der Waals surface area contributed by atoms with Gasteiger partial charge in [-0.3, -0.25) is 9.10 Å². The molecule has 0 aliphatic carbocycles. The molecule has 1 amide bonds. The number of rotatable bonds is 12. The number of carbonyl (C=O) groups is 2. The van der Waals surface area contributed by atoms with Crippen molar-refractivity contribution in [2.75, 3.05) is 24.8 Å². The van der Waals surface area contributed by atoms with Crippen LogP contribution in [0.15, 0.2) is 70.3 Å². The lowest BCUT2D eigenvalue weighted by molar-refractivity contribution is -0.107. The number of aldehydes is 1. The van der Waals surface area contributed by atoms with E-state index in [4.69, 9.17) is 4.74 Å². The lowest BCUT2D eigenvalue weighted by Gasteiger charge is -2.20. The first-order valence-corrected chi connectivity index (χ1v) is 14.5. The van der Waals surface area contributed by atoms with E-state index in [9.17, 15) is 22.4 Å². The van der Waals surface area contributed by atoms with E-state index in [1.54, 1.807) is 11.4 Å². The molecule has 12 heteroatoms. The van der Waals surface area contributed by atoms with Gasteiger partial charge in [0.15, 0.2) is 0 Å². The van der Waals surface area contributed by atoms with Crippen molar-refractivity contribution < 1.29 is 27.1 Å². The Morgan fingerprint density at radius 3 is 2.68 bits per heavy atom. The monoisotopic (exact) mass is 561 g/mol. The number of nitrogens with zero attached hydrogens (tertiary/aromatic N) is 1. The number of ether oxygens (including phenoxy) is 1. The number of anilines is 1. The Morgan fingerprint density at radius 2 is 2.00 bits per heavy atom. The van der Waals surface area contributed by atoms with Gasteiger partial charge in [-0.05, 0) is 29.1 Å². The van der Waals surface area contributed by atoms with E-state index >= 15 is 0 Å². The molecule has 2 N–H and O–H groups in total. The van der Waals surface area contributed by atoms with Crippen molar-refractivity contribution in [3.63, 3.8) is 0 Å². The summed E-state index contributed by atoms with van der Waals surface area (Å²) in [7, 11) is -2.52. The van der Waals surface area contributed by atoms with Crippen LogP contribution in [0.4, 0.5) is 10.1 Å². The maximum atomic E-state index is 13.1. The second-order valence-electron chi connectivity index (χ2n) is 7.93. The molecule has 2 aromatic heterocycles. The summed E-state index contributed by atoms with van der Waals surface area (Å²) in [4.78, 5) is 27.4. The van der Waals surface area contributed by atoms with Crippen molar-refractivity contribution in [2.45, 2.75) is 15.2 Å². The minimum atomic E-state index is -3.90. The quantitative estimate of drug-likeness (QED) is 0.245. The molecule has 0 spiro atoms. The third kappa shape index (κ3) is 6.14. The van der Waals surface area contributed by atoms with Crippen LogP contribution in [0.2, 0.25) is 0 Å². The molecule has 2 heterocycles. The lowest BCUT2D eigenvalue weighted by atomic mass is 10.2. The van der Waals surface area contributed by atoms with Crippen molar-refractivity contribution in [1.82, 2.24) is 10.3 Å². The molecule has 4 rings (SSSR count). The number of sulfonamides is 1. The Morgan fingerprint density at radius 1 is 1.22 bits per heavy atom. The molecule has 1 unspecified atom stereocenters. The number of aromatic nitrogens is 1. The highest BCUT2D eigenvalue weighted by molar-refractivity contribution is 7.99. The molecule has 1 atom stereocenters. The molecule has 37 heavy (non-hydrogen) atoms. The van der Waals surface area contributed by atoms with Gasteiger partial charge in [0.25, 0.3) is 15.9 Å². The summed E-state index contributed by atoms with van der Waals surface area (Å²) in [6.07, 6.45) is 0.794. The van der Waals surface area contributed by atoms with Gasteiger partial charge in [0.2, 0.25) is 6.86 Å². The molecule has 0 saturated carbocycles. The number of H-pyrrole nitrogens is 1. The molecular formula is C25H24FN3O5S3. The van der Waals surface area contributed by atoms with Crippen molar-refractivity contribution in [2.24, 2.45) is 0 Å². The maximum Gasteiger partial charge on any atom is 0.273 e. The van der Waals surface area contributed by atoms with Gasteiger partial charge >= 0.3 is 0 Å². The van der Waals surface area contributed by atoms with Gasteiger partial charge in [-0.1, -0.05) is 36.4 Å². The number of benzene rings is 2. The molecule has 0 aliphatic rings. The molecule has 0 aliphatic heterocycles. The Labute approximate surface area is 221 Å². The topological polar surface area (TPSA) is 109 Å². The van der Waals surface area contributed by atoms with E-state index in [2.05, 4.69) is 10.3 Å². The molecular weight excluding hydrogens is 537 g/mol. The Bertz CT molecular complexity index is 1470. The standard InChI is InChI=1S/C25H24FN3O5S3/c1-29(37(32,33)23-8-5-9-35-23)22-12-19(34-16-26)10-18-11-21(28-24(18)22)25(31)27-13-20(14-30)36-15-17-6-3-2-4-7-17/h2-12,14,20,28H,13,15-16H2,1H3,(H,27,31). The first-order chi connectivity index (χ1) is 17.8. The van der Waals surface area contributed by atoms with Gasteiger partial charge in [0, 0.05) is 30.8 Å². The molecule has 0 bridgehead atoms. The number of alkyl halides is 1. The summed E-state index contributed by atoms with van der Waals surface area (Å²) < 4.78 is 45.4. The molecule has 2 aromatic carbocycles. The minimum Gasteiger partial charge on any atom is -0.463 e. The number of fused-ring (bicyclic) bond motifs is 1. The normalized spacial score (nSPS) is 12.3. The van der Waals surface area contributed by atoms with Crippen LogP contribution in [0.3, 0.4) is 0 Å².